The van der Waals surface area contributed by atoms with Crippen molar-refractivity contribution in [2.24, 2.45) is 5.73 Å². The topological polar surface area (TPSA) is 81.2 Å². The van der Waals surface area contributed by atoms with Crippen LogP contribution in [0.5, 0.6) is 0 Å². The van der Waals surface area contributed by atoms with E-state index in [0.29, 0.717) is 13.1 Å². The second-order valence-electron chi connectivity index (χ2n) is 4.51. The summed E-state index contributed by atoms with van der Waals surface area (Å²) in [6.45, 7) is 1.33. The molecule has 2 aromatic rings. The van der Waals surface area contributed by atoms with Crippen molar-refractivity contribution in [2.45, 2.75) is 13.0 Å². The highest BCUT2D eigenvalue weighted by molar-refractivity contribution is 5.48. The molecule has 20 heavy (non-hydrogen) atoms. The second kappa shape index (κ2) is 6.68. The first-order valence-corrected chi connectivity index (χ1v) is 6.45. The fourth-order valence-electron chi connectivity index (χ4n) is 1.90. The molecule has 0 amide bonds. The summed E-state index contributed by atoms with van der Waals surface area (Å²) in [6.07, 6.45) is 0.885. The van der Waals surface area contributed by atoms with E-state index in [2.05, 4.69) is 29.6 Å². The molecule has 0 aromatic heterocycles. The van der Waals surface area contributed by atoms with Crippen LogP contribution in [0.25, 0.3) is 0 Å². The molecule has 2 aromatic carbocycles. The van der Waals surface area contributed by atoms with Crippen molar-refractivity contribution >= 4 is 11.4 Å². The van der Waals surface area contributed by atoms with Gasteiger partial charge in [-0.3, -0.25) is 10.1 Å². The number of hydrogen-bond donors (Lipinski definition) is 2. The van der Waals surface area contributed by atoms with Gasteiger partial charge in [0.05, 0.1) is 4.92 Å². The van der Waals surface area contributed by atoms with Crippen LogP contribution in [0.2, 0.25) is 0 Å². The van der Waals surface area contributed by atoms with Crippen molar-refractivity contribution in [3.8, 4) is 0 Å². The van der Waals surface area contributed by atoms with E-state index in [-0.39, 0.29) is 5.69 Å². The third-order valence-corrected chi connectivity index (χ3v) is 3.03. The molecule has 0 radical (unpaired) electrons. The lowest BCUT2D eigenvalue weighted by Crippen LogP contribution is -2.03. The molecule has 5 nitrogen and oxygen atoms in total. The first-order valence-electron chi connectivity index (χ1n) is 6.45. The zero-order chi connectivity index (χ0) is 14.4. The number of nitrogens with zero attached hydrogens (tertiary/aromatic N) is 1. The zero-order valence-electron chi connectivity index (χ0n) is 11.1. The molecule has 3 N–H and O–H groups in total. The van der Waals surface area contributed by atoms with Gasteiger partial charge in [-0.1, -0.05) is 24.3 Å². The third kappa shape index (κ3) is 3.80. The SMILES string of the molecule is NCCc1ccc(CNc2ccc([N+](=O)[O-])cc2)cc1. The van der Waals surface area contributed by atoms with Gasteiger partial charge in [-0.2, -0.15) is 0 Å². The highest BCUT2D eigenvalue weighted by Gasteiger charge is 2.03. The molecule has 0 saturated heterocycles. The Labute approximate surface area is 117 Å². The van der Waals surface area contributed by atoms with E-state index < -0.39 is 4.92 Å². The van der Waals surface area contributed by atoms with Gasteiger partial charge >= 0.3 is 0 Å². The van der Waals surface area contributed by atoms with Gasteiger partial charge < -0.3 is 11.1 Å². The maximum atomic E-state index is 10.6. The molecule has 0 spiro atoms. The lowest BCUT2D eigenvalue weighted by atomic mass is 10.1. The average Bonchev–Trinajstić information content (AvgIpc) is 2.47. The molecule has 2 rings (SSSR count). The number of nitro groups is 1. The predicted molar refractivity (Wildman–Crippen MR) is 79.6 cm³/mol. The van der Waals surface area contributed by atoms with Crippen LogP contribution in [0.4, 0.5) is 11.4 Å². The van der Waals surface area contributed by atoms with Gasteiger partial charge in [0.15, 0.2) is 0 Å². The molecule has 0 atom stereocenters. The van der Waals surface area contributed by atoms with E-state index in [4.69, 9.17) is 5.73 Å². The van der Waals surface area contributed by atoms with Gasteiger partial charge in [-0.05, 0) is 36.2 Å². The quantitative estimate of drug-likeness (QED) is 0.625. The molecule has 0 aliphatic rings. The molecule has 5 heteroatoms. The number of nitrogens with one attached hydrogen (secondary N) is 1. The number of rotatable bonds is 6. The van der Waals surface area contributed by atoms with Gasteiger partial charge in [0.1, 0.15) is 0 Å². The lowest BCUT2D eigenvalue weighted by Gasteiger charge is -2.07. The molecule has 0 aliphatic heterocycles. The van der Waals surface area contributed by atoms with Crippen LogP contribution in [0.3, 0.4) is 0 Å². The minimum atomic E-state index is -0.403. The predicted octanol–water partition coefficient (Wildman–Crippen LogP) is 2.71. The fraction of sp³-hybridized carbons (Fsp3) is 0.200. The van der Waals surface area contributed by atoms with Crippen LogP contribution in [0.15, 0.2) is 48.5 Å². The average molecular weight is 271 g/mol. The van der Waals surface area contributed by atoms with Crippen LogP contribution in [0.1, 0.15) is 11.1 Å². The maximum Gasteiger partial charge on any atom is 0.269 e. The number of non-ortho nitro benzene ring substituents is 1. The highest BCUT2D eigenvalue weighted by atomic mass is 16.6. The Kier molecular flexibility index (Phi) is 4.68. The normalized spacial score (nSPS) is 10.2. The molecule has 104 valence electrons. The third-order valence-electron chi connectivity index (χ3n) is 3.03. The minimum absolute atomic E-state index is 0.0988. The Morgan fingerprint density at radius 2 is 1.60 bits per heavy atom. The zero-order valence-corrected chi connectivity index (χ0v) is 11.1. The highest BCUT2D eigenvalue weighted by Crippen LogP contribution is 2.16. The van der Waals surface area contributed by atoms with Crippen LogP contribution < -0.4 is 11.1 Å². The van der Waals surface area contributed by atoms with Crippen LogP contribution in [-0.2, 0) is 13.0 Å². The summed E-state index contributed by atoms with van der Waals surface area (Å²) in [5.41, 5.74) is 8.85. The van der Waals surface area contributed by atoms with Gasteiger partial charge in [-0.25, -0.2) is 0 Å². The van der Waals surface area contributed by atoms with E-state index in [0.717, 1.165) is 17.7 Å². The van der Waals surface area contributed by atoms with E-state index in [1.165, 1.54) is 17.7 Å². The Balaban J connectivity index is 1.92. The molecular formula is C15H17N3O2. The molecule has 0 saturated carbocycles. The summed E-state index contributed by atoms with van der Waals surface area (Å²) in [5.74, 6) is 0. The molecule has 0 fully saturated rings. The van der Waals surface area contributed by atoms with Gasteiger partial charge in [0, 0.05) is 24.4 Å². The fourth-order valence-corrected chi connectivity index (χ4v) is 1.90. The number of hydrogen-bond acceptors (Lipinski definition) is 4. The van der Waals surface area contributed by atoms with Crippen molar-refractivity contribution in [1.82, 2.24) is 0 Å². The Morgan fingerprint density at radius 3 is 2.15 bits per heavy atom. The molecule has 0 aliphatic carbocycles. The number of anilines is 1. The standard InChI is InChI=1S/C15H17N3O2/c16-10-9-12-1-3-13(4-2-12)11-17-14-5-7-15(8-6-14)18(19)20/h1-8,17H,9-11,16H2. The summed E-state index contributed by atoms with van der Waals surface area (Å²) in [5, 5.41) is 13.8. The molecular weight excluding hydrogens is 254 g/mol. The van der Waals surface area contributed by atoms with Gasteiger partial charge in [-0.15, -0.1) is 0 Å². The Bertz CT molecular complexity index is 565. The minimum Gasteiger partial charge on any atom is -0.381 e. The van der Waals surface area contributed by atoms with Gasteiger partial charge in [0.25, 0.3) is 5.69 Å². The van der Waals surface area contributed by atoms with Crippen molar-refractivity contribution in [1.29, 1.82) is 0 Å². The lowest BCUT2D eigenvalue weighted by molar-refractivity contribution is -0.384. The van der Waals surface area contributed by atoms with Crippen LogP contribution in [0, 0.1) is 10.1 Å². The van der Waals surface area contributed by atoms with E-state index in [1.807, 2.05) is 0 Å². The Hall–Kier alpha value is -2.40. The summed E-state index contributed by atoms with van der Waals surface area (Å²) in [6, 6.07) is 14.7. The maximum absolute atomic E-state index is 10.6. The smallest absolute Gasteiger partial charge is 0.269 e. The van der Waals surface area contributed by atoms with E-state index in [9.17, 15) is 10.1 Å². The summed E-state index contributed by atoms with van der Waals surface area (Å²) >= 11 is 0. The van der Waals surface area contributed by atoms with Crippen molar-refractivity contribution < 1.29 is 4.92 Å². The van der Waals surface area contributed by atoms with Crippen LogP contribution in [-0.4, -0.2) is 11.5 Å². The monoisotopic (exact) mass is 271 g/mol. The first-order chi connectivity index (χ1) is 9.69. The van der Waals surface area contributed by atoms with Crippen molar-refractivity contribution in [3.63, 3.8) is 0 Å². The molecule has 0 unspecified atom stereocenters. The first kappa shape index (κ1) is 14.0. The number of benzene rings is 2. The summed E-state index contributed by atoms with van der Waals surface area (Å²) in [7, 11) is 0. The Morgan fingerprint density at radius 1 is 1.00 bits per heavy atom. The molecule has 0 bridgehead atoms. The summed E-state index contributed by atoms with van der Waals surface area (Å²) < 4.78 is 0. The van der Waals surface area contributed by atoms with E-state index in [1.54, 1.807) is 12.1 Å². The van der Waals surface area contributed by atoms with Crippen LogP contribution >= 0.6 is 0 Å². The van der Waals surface area contributed by atoms with E-state index >= 15 is 0 Å². The summed E-state index contributed by atoms with van der Waals surface area (Å²) in [4.78, 5) is 10.2. The van der Waals surface area contributed by atoms with Gasteiger partial charge in [0.2, 0.25) is 0 Å². The largest absolute Gasteiger partial charge is 0.381 e. The second-order valence-corrected chi connectivity index (χ2v) is 4.51. The number of nitro benzene ring substituents is 1. The molecule has 0 heterocycles. The van der Waals surface area contributed by atoms with Crippen molar-refractivity contribution in [2.75, 3.05) is 11.9 Å². The van der Waals surface area contributed by atoms with Crippen molar-refractivity contribution in [3.05, 3.63) is 69.8 Å². The number of nitrogens with two attached hydrogens (primary N) is 1.